The number of nitrogens with one attached hydrogen (secondary N) is 1. The third-order valence-corrected chi connectivity index (χ3v) is 6.05. The van der Waals surface area contributed by atoms with Crippen LogP contribution in [0.15, 0.2) is 48.5 Å². The highest BCUT2D eigenvalue weighted by Crippen LogP contribution is 2.25. The molecule has 1 saturated heterocycles. The lowest BCUT2D eigenvalue weighted by atomic mass is 9.92. The second-order valence-corrected chi connectivity index (χ2v) is 9.12. The first-order chi connectivity index (χ1) is 16.3. The van der Waals surface area contributed by atoms with Crippen LogP contribution in [0.25, 0.3) is 0 Å². The van der Waals surface area contributed by atoms with Crippen molar-refractivity contribution in [2.45, 2.75) is 57.8 Å². The second kappa shape index (κ2) is 12.6. The molecule has 1 N–H and O–H groups in total. The Balaban J connectivity index is 1.59. The standard InChI is InChI=1S/C27H37FN2O4/c1-19(2)34-25-7-5-21(6-8-25)20(3)26(18-30-15-13-22(28)17-30)29-27(31)14-16-33-24-11-9-23(32-4)10-12-24/h5-12,19-20,22,26H,13-18H2,1-4H3,(H,29,31)/t20-,22?,26-/m1/s1. The maximum atomic E-state index is 13.8. The number of nitrogens with zero attached hydrogens (tertiary/aromatic N) is 1. The molecule has 0 aromatic heterocycles. The number of hydrogen-bond acceptors (Lipinski definition) is 5. The summed E-state index contributed by atoms with van der Waals surface area (Å²) in [6.07, 6.45) is 0.102. The van der Waals surface area contributed by atoms with E-state index < -0.39 is 6.17 Å². The molecule has 1 heterocycles. The number of ether oxygens (including phenoxy) is 3. The summed E-state index contributed by atoms with van der Waals surface area (Å²) in [6, 6.07) is 15.1. The van der Waals surface area contributed by atoms with Crippen molar-refractivity contribution in [3.63, 3.8) is 0 Å². The summed E-state index contributed by atoms with van der Waals surface area (Å²) in [5, 5.41) is 3.17. The number of carbonyl (C=O) groups is 1. The van der Waals surface area contributed by atoms with Crippen LogP contribution in [0.3, 0.4) is 0 Å². The highest BCUT2D eigenvalue weighted by Gasteiger charge is 2.28. The van der Waals surface area contributed by atoms with Gasteiger partial charge < -0.3 is 19.5 Å². The Morgan fingerprint density at radius 3 is 2.29 bits per heavy atom. The molecule has 0 bridgehead atoms. The summed E-state index contributed by atoms with van der Waals surface area (Å²) in [5.41, 5.74) is 1.10. The van der Waals surface area contributed by atoms with Crippen molar-refractivity contribution in [2.24, 2.45) is 0 Å². The molecule has 6 nitrogen and oxygen atoms in total. The lowest BCUT2D eigenvalue weighted by molar-refractivity contribution is -0.122. The number of methoxy groups -OCH3 is 1. The molecule has 1 amide bonds. The van der Waals surface area contributed by atoms with Gasteiger partial charge in [0, 0.05) is 31.6 Å². The number of hydrogen-bond donors (Lipinski definition) is 1. The van der Waals surface area contributed by atoms with Crippen LogP contribution in [0.4, 0.5) is 4.39 Å². The van der Waals surface area contributed by atoms with Gasteiger partial charge in [-0.15, -0.1) is 0 Å². The maximum Gasteiger partial charge on any atom is 0.223 e. The Bertz CT molecular complexity index is 889. The van der Waals surface area contributed by atoms with Gasteiger partial charge in [0.15, 0.2) is 0 Å². The van der Waals surface area contributed by atoms with Crippen molar-refractivity contribution in [1.82, 2.24) is 10.2 Å². The van der Waals surface area contributed by atoms with Gasteiger partial charge in [0.25, 0.3) is 0 Å². The van der Waals surface area contributed by atoms with Crippen LogP contribution in [0.2, 0.25) is 0 Å². The number of likely N-dealkylation sites (tertiary alicyclic amines) is 1. The minimum Gasteiger partial charge on any atom is -0.497 e. The number of rotatable bonds is 12. The summed E-state index contributed by atoms with van der Waals surface area (Å²) < 4.78 is 30.4. The first-order valence-corrected chi connectivity index (χ1v) is 12.0. The van der Waals surface area contributed by atoms with Crippen LogP contribution in [0.5, 0.6) is 17.2 Å². The highest BCUT2D eigenvalue weighted by molar-refractivity contribution is 5.76. The Morgan fingerprint density at radius 1 is 1.06 bits per heavy atom. The number of carbonyl (C=O) groups excluding carboxylic acids is 1. The first-order valence-electron chi connectivity index (χ1n) is 12.0. The van der Waals surface area contributed by atoms with Crippen molar-refractivity contribution in [3.05, 3.63) is 54.1 Å². The van der Waals surface area contributed by atoms with Crippen LogP contribution in [-0.4, -0.2) is 62.5 Å². The van der Waals surface area contributed by atoms with Gasteiger partial charge in [-0.25, -0.2) is 4.39 Å². The van der Waals surface area contributed by atoms with Crippen LogP contribution in [-0.2, 0) is 4.79 Å². The molecule has 1 fully saturated rings. The molecule has 7 heteroatoms. The van der Waals surface area contributed by atoms with E-state index in [4.69, 9.17) is 14.2 Å². The van der Waals surface area contributed by atoms with Crippen molar-refractivity contribution in [3.8, 4) is 17.2 Å². The second-order valence-electron chi connectivity index (χ2n) is 9.12. The van der Waals surface area contributed by atoms with Crippen LogP contribution < -0.4 is 19.5 Å². The normalized spacial score (nSPS) is 17.9. The smallest absolute Gasteiger partial charge is 0.223 e. The van der Waals surface area contributed by atoms with Crippen LogP contribution in [0, 0.1) is 0 Å². The minimum absolute atomic E-state index is 0.0539. The molecule has 2 aromatic carbocycles. The number of amides is 1. The molecule has 3 atom stereocenters. The van der Waals surface area contributed by atoms with Gasteiger partial charge in [-0.2, -0.15) is 0 Å². The lowest BCUT2D eigenvalue weighted by Gasteiger charge is -2.30. The Labute approximate surface area is 202 Å². The van der Waals surface area contributed by atoms with Gasteiger partial charge in [-0.3, -0.25) is 9.69 Å². The largest absolute Gasteiger partial charge is 0.497 e. The summed E-state index contributed by atoms with van der Waals surface area (Å²) >= 11 is 0. The first kappa shape index (κ1) is 25.8. The van der Waals surface area contributed by atoms with Gasteiger partial charge in [0.1, 0.15) is 23.4 Å². The minimum atomic E-state index is -0.794. The summed E-state index contributed by atoms with van der Waals surface area (Å²) in [7, 11) is 1.61. The molecule has 0 saturated carbocycles. The van der Waals surface area contributed by atoms with Crippen LogP contribution >= 0.6 is 0 Å². The van der Waals surface area contributed by atoms with Crippen molar-refractivity contribution < 1.29 is 23.4 Å². The summed E-state index contributed by atoms with van der Waals surface area (Å²) in [5.74, 6) is 2.23. The zero-order valence-corrected chi connectivity index (χ0v) is 20.6. The van der Waals surface area contributed by atoms with E-state index in [2.05, 4.69) is 17.1 Å². The van der Waals surface area contributed by atoms with Crippen molar-refractivity contribution in [2.75, 3.05) is 33.4 Å². The van der Waals surface area contributed by atoms with E-state index in [-0.39, 0.29) is 37.0 Å². The van der Waals surface area contributed by atoms with E-state index in [0.717, 1.165) is 17.1 Å². The zero-order chi connectivity index (χ0) is 24.5. The van der Waals surface area contributed by atoms with Gasteiger partial charge in [0.2, 0.25) is 5.91 Å². The van der Waals surface area contributed by atoms with E-state index in [1.807, 2.05) is 62.4 Å². The monoisotopic (exact) mass is 472 g/mol. The molecular weight excluding hydrogens is 435 g/mol. The van der Waals surface area contributed by atoms with Crippen molar-refractivity contribution >= 4 is 5.91 Å². The Morgan fingerprint density at radius 2 is 1.71 bits per heavy atom. The van der Waals surface area contributed by atoms with Gasteiger partial charge in [0.05, 0.1) is 26.2 Å². The number of alkyl halides is 1. The molecule has 1 aliphatic heterocycles. The Kier molecular flexibility index (Phi) is 9.57. The molecule has 3 rings (SSSR count). The predicted molar refractivity (Wildman–Crippen MR) is 132 cm³/mol. The number of benzene rings is 2. The topological polar surface area (TPSA) is 60.0 Å². The van der Waals surface area contributed by atoms with Gasteiger partial charge in [-0.1, -0.05) is 19.1 Å². The summed E-state index contributed by atoms with van der Waals surface area (Å²) in [4.78, 5) is 14.9. The third kappa shape index (κ3) is 7.90. The molecular formula is C27H37FN2O4. The fourth-order valence-corrected chi connectivity index (χ4v) is 4.13. The van der Waals surface area contributed by atoms with Gasteiger partial charge in [-0.05, 0) is 62.2 Å². The third-order valence-electron chi connectivity index (χ3n) is 6.05. The Hall–Kier alpha value is -2.80. The lowest BCUT2D eigenvalue weighted by Crippen LogP contribution is -2.46. The van der Waals surface area contributed by atoms with Gasteiger partial charge >= 0.3 is 0 Å². The molecule has 2 aromatic rings. The molecule has 1 aliphatic rings. The fourth-order valence-electron chi connectivity index (χ4n) is 4.13. The molecule has 0 aliphatic carbocycles. The van der Waals surface area contributed by atoms with E-state index >= 15 is 0 Å². The zero-order valence-electron chi connectivity index (χ0n) is 20.6. The van der Waals surface area contributed by atoms with E-state index in [0.29, 0.717) is 31.8 Å². The van der Waals surface area contributed by atoms with Crippen LogP contribution in [0.1, 0.15) is 45.1 Å². The van der Waals surface area contributed by atoms with E-state index in [1.165, 1.54) is 0 Å². The quantitative estimate of drug-likeness (QED) is 0.490. The van der Waals surface area contributed by atoms with Crippen molar-refractivity contribution in [1.29, 1.82) is 0 Å². The average molecular weight is 473 g/mol. The number of halogens is 1. The highest BCUT2D eigenvalue weighted by atomic mass is 19.1. The SMILES string of the molecule is COc1ccc(OCCC(=O)N[C@H](CN2CCC(F)C2)[C@H](C)c2ccc(OC(C)C)cc2)cc1. The molecule has 34 heavy (non-hydrogen) atoms. The van der Waals surface area contributed by atoms with E-state index in [1.54, 1.807) is 7.11 Å². The molecule has 186 valence electrons. The fraction of sp³-hybridized carbons (Fsp3) is 0.519. The maximum absolute atomic E-state index is 13.8. The molecule has 1 unspecified atom stereocenters. The molecule has 0 spiro atoms. The van der Waals surface area contributed by atoms with E-state index in [9.17, 15) is 9.18 Å². The predicted octanol–water partition coefficient (Wildman–Crippen LogP) is 4.58. The summed E-state index contributed by atoms with van der Waals surface area (Å²) in [6.45, 7) is 8.10. The average Bonchev–Trinajstić information content (AvgIpc) is 3.23. The molecule has 0 radical (unpaired) electrons.